The lowest BCUT2D eigenvalue weighted by Gasteiger charge is -2.20. The summed E-state index contributed by atoms with van der Waals surface area (Å²) in [4.78, 5) is 0.387. The van der Waals surface area contributed by atoms with Gasteiger partial charge in [0.1, 0.15) is 0 Å². The molecule has 1 aromatic rings. The van der Waals surface area contributed by atoms with Crippen molar-refractivity contribution in [3.8, 4) is 0 Å². The van der Waals surface area contributed by atoms with E-state index in [-0.39, 0.29) is 6.04 Å². The van der Waals surface area contributed by atoms with Gasteiger partial charge in [-0.15, -0.1) is 0 Å². The molecule has 3 unspecified atom stereocenters. The molecule has 1 N–H and O–H groups in total. The Kier molecular flexibility index (Phi) is 4.31. The van der Waals surface area contributed by atoms with Crippen molar-refractivity contribution < 1.29 is 8.42 Å². The molecule has 0 bridgehead atoms. The molecular formula is C15H23NO2S. The number of sulfone groups is 1. The van der Waals surface area contributed by atoms with E-state index in [1.807, 2.05) is 12.1 Å². The Balaban J connectivity index is 2.01. The highest BCUT2D eigenvalue weighted by Gasteiger charge is 2.22. The summed E-state index contributed by atoms with van der Waals surface area (Å²) in [6.45, 7) is 4.44. The van der Waals surface area contributed by atoms with E-state index in [0.29, 0.717) is 10.9 Å². The molecule has 0 spiro atoms. The minimum atomic E-state index is -3.10. The molecular weight excluding hydrogens is 258 g/mol. The van der Waals surface area contributed by atoms with Gasteiger partial charge in [-0.25, -0.2) is 8.42 Å². The van der Waals surface area contributed by atoms with Crippen LogP contribution in [-0.4, -0.2) is 20.7 Å². The number of hydrogen-bond acceptors (Lipinski definition) is 3. The normalized spacial score (nSPS) is 25.4. The summed E-state index contributed by atoms with van der Waals surface area (Å²) in [5.74, 6) is 0.817. The van der Waals surface area contributed by atoms with Crippen molar-refractivity contribution in [3.63, 3.8) is 0 Å². The van der Waals surface area contributed by atoms with Crippen molar-refractivity contribution in [3.05, 3.63) is 29.8 Å². The van der Waals surface area contributed by atoms with Gasteiger partial charge in [0.05, 0.1) is 4.90 Å². The maximum atomic E-state index is 11.4. The van der Waals surface area contributed by atoms with Crippen LogP contribution in [0, 0.1) is 5.92 Å². The van der Waals surface area contributed by atoms with Crippen molar-refractivity contribution in [1.82, 2.24) is 5.32 Å². The zero-order chi connectivity index (χ0) is 14.0. The summed E-state index contributed by atoms with van der Waals surface area (Å²) in [5.41, 5.74) is 1.15. The first-order chi connectivity index (χ1) is 8.86. The van der Waals surface area contributed by atoms with Gasteiger partial charge in [0.15, 0.2) is 9.84 Å². The largest absolute Gasteiger partial charge is 0.307 e. The average molecular weight is 281 g/mol. The molecule has 0 aromatic heterocycles. The highest BCUT2D eigenvalue weighted by atomic mass is 32.2. The summed E-state index contributed by atoms with van der Waals surface area (Å²) >= 11 is 0. The molecule has 1 fully saturated rings. The molecule has 3 nitrogen and oxygen atoms in total. The van der Waals surface area contributed by atoms with Crippen molar-refractivity contribution in [2.45, 2.75) is 50.1 Å². The zero-order valence-electron chi connectivity index (χ0n) is 11.9. The third-order valence-corrected chi connectivity index (χ3v) is 5.12. The molecule has 0 radical (unpaired) electrons. The Hall–Kier alpha value is -0.870. The summed E-state index contributed by atoms with van der Waals surface area (Å²) in [7, 11) is -3.10. The van der Waals surface area contributed by atoms with Crippen LogP contribution in [-0.2, 0) is 9.84 Å². The molecule has 1 saturated carbocycles. The highest BCUT2D eigenvalue weighted by molar-refractivity contribution is 7.90. The van der Waals surface area contributed by atoms with Gasteiger partial charge in [0.25, 0.3) is 0 Å². The molecule has 1 aliphatic rings. The SMILES string of the molecule is CC1CCC(NC(C)c2ccc(S(C)(=O)=O)cc2)C1. The van der Waals surface area contributed by atoms with Gasteiger partial charge in [-0.05, 0) is 49.8 Å². The van der Waals surface area contributed by atoms with Crippen LogP contribution in [0.25, 0.3) is 0 Å². The minimum absolute atomic E-state index is 0.268. The van der Waals surface area contributed by atoms with Crippen LogP contribution < -0.4 is 5.32 Å². The van der Waals surface area contributed by atoms with Gasteiger partial charge >= 0.3 is 0 Å². The molecule has 0 amide bonds. The smallest absolute Gasteiger partial charge is 0.175 e. The Labute approximate surface area is 116 Å². The fraction of sp³-hybridized carbons (Fsp3) is 0.600. The van der Waals surface area contributed by atoms with Crippen molar-refractivity contribution >= 4 is 9.84 Å². The maximum absolute atomic E-state index is 11.4. The monoisotopic (exact) mass is 281 g/mol. The van der Waals surface area contributed by atoms with Crippen LogP contribution in [0.1, 0.15) is 44.7 Å². The van der Waals surface area contributed by atoms with E-state index in [2.05, 4.69) is 19.2 Å². The van der Waals surface area contributed by atoms with Crippen LogP contribution in [0.4, 0.5) is 0 Å². The molecule has 3 atom stereocenters. The van der Waals surface area contributed by atoms with E-state index in [1.54, 1.807) is 12.1 Å². The highest BCUT2D eigenvalue weighted by Crippen LogP contribution is 2.27. The van der Waals surface area contributed by atoms with Crippen LogP contribution in [0.5, 0.6) is 0 Å². The van der Waals surface area contributed by atoms with E-state index >= 15 is 0 Å². The van der Waals surface area contributed by atoms with E-state index in [4.69, 9.17) is 0 Å². The third kappa shape index (κ3) is 3.80. The van der Waals surface area contributed by atoms with Crippen LogP contribution in [0.15, 0.2) is 29.2 Å². The van der Waals surface area contributed by atoms with Gasteiger partial charge < -0.3 is 5.32 Å². The molecule has 19 heavy (non-hydrogen) atoms. The van der Waals surface area contributed by atoms with E-state index < -0.39 is 9.84 Å². The third-order valence-electron chi connectivity index (χ3n) is 3.99. The number of hydrogen-bond donors (Lipinski definition) is 1. The second-order valence-electron chi connectivity index (χ2n) is 5.84. The average Bonchev–Trinajstić information content (AvgIpc) is 2.74. The van der Waals surface area contributed by atoms with Crippen LogP contribution >= 0.6 is 0 Å². The summed E-state index contributed by atoms with van der Waals surface area (Å²) in [5, 5.41) is 3.63. The van der Waals surface area contributed by atoms with Crippen molar-refractivity contribution in [1.29, 1.82) is 0 Å². The lowest BCUT2D eigenvalue weighted by atomic mass is 10.1. The first kappa shape index (κ1) is 14.5. The summed E-state index contributed by atoms with van der Waals surface area (Å²) < 4.78 is 22.8. The van der Waals surface area contributed by atoms with E-state index in [9.17, 15) is 8.42 Å². The molecule has 0 aliphatic heterocycles. The molecule has 0 heterocycles. The van der Waals surface area contributed by atoms with Crippen molar-refractivity contribution in [2.24, 2.45) is 5.92 Å². The van der Waals surface area contributed by atoms with E-state index in [0.717, 1.165) is 11.5 Å². The Morgan fingerprint density at radius 1 is 1.21 bits per heavy atom. The van der Waals surface area contributed by atoms with Gasteiger partial charge in [0.2, 0.25) is 0 Å². The van der Waals surface area contributed by atoms with Crippen LogP contribution in [0.2, 0.25) is 0 Å². The van der Waals surface area contributed by atoms with Gasteiger partial charge in [-0.1, -0.05) is 19.1 Å². The number of benzene rings is 1. The molecule has 1 aliphatic carbocycles. The standard InChI is InChI=1S/C15H23NO2S/c1-11-4-7-14(10-11)16-12(2)13-5-8-15(9-6-13)19(3,17)18/h5-6,8-9,11-12,14,16H,4,7,10H2,1-3H3. The Morgan fingerprint density at radius 3 is 2.32 bits per heavy atom. The van der Waals surface area contributed by atoms with E-state index in [1.165, 1.54) is 25.5 Å². The Morgan fingerprint density at radius 2 is 1.84 bits per heavy atom. The van der Waals surface area contributed by atoms with Gasteiger partial charge in [0, 0.05) is 18.3 Å². The Bertz CT molecular complexity index is 522. The molecule has 106 valence electrons. The first-order valence-corrected chi connectivity index (χ1v) is 8.81. The summed E-state index contributed by atoms with van der Waals surface area (Å²) in [6, 6.07) is 8.07. The van der Waals surface area contributed by atoms with Gasteiger partial charge in [-0.3, -0.25) is 0 Å². The van der Waals surface area contributed by atoms with Gasteiger partial charge in [-0.2, -0.15) is 0 Å². The molecule has 0 saturated heterocycles. The topological polar surface area (TPSA) is 46.2 Å². The first-order valence-electron chi connectivity index (χ1n) is 6.92. The molecule has 1 aromatic carbocycles. The fourth-order valence-corrected chi connectivity index (χ4v) is 3.44. The van der Waals surface area contributed by atoms with Crippen molar-refractivity contribution in [2.75, 3.05) is 6.26 Å². The summed E-state index contributed by atoms with van der Waals surface area (Å²) in [6.07, 6.45) is 5.03. The number of nitrogens with one attached hydrogen (secondary N) is 1. The van der Waals surface area contributed by atoms with Crippen LogP contribution in [0.3, 0.4) is 0 Å². The number of rotatable bonds is 4. The fourth-order valence-electron chi connectivity index (χ4n) is 2.81. The quantitative estimate of drug-likeness (QED) is 0.923. The zero-order valence-corrected chi connectivity index (χ0v) is 12.7. The lowest BCUT2D eigenvalue weighted by Crippen LogP contribution is -2.29. The lowest BCUT2D eigenvalue weighted by molar-refractivity contribution is 0.449. The predicted octanol–water partition coefficient (Wildman–Crippen LogP) is 2.93. The second-order valence-corrected chi connectivity index (χ2v) is 7.86. The predicted molar refractivity (Wildman–Crippen MR) is 77.9 cm³/mol. The second kappa shape index (κ2) is 5.63. The molecule has 4 heteroatoms. The molecule has 2 rings (SSSR count). The minimum Gasteiger partial charge on any atom is -0.307 e. The maximum Gasteiger partial charge on any atom is 0.175 e.